The van der Waals surface area contributed by atoms with E-state index in [0.717, 1.165) is 23.2 Å². The molecule has 0 saturated heterocycles. The van der Waals surface area contributed by atoms with Crippen LogP contribution in [0, 0.1) is 6.92 Å². The minimum atomic E-state index is 0. The van der Waals surface area contributed by atoms with Crippen LogP contribution >= 0.6 is 12.4 Å². The van der Waals surface area contributed by atoms with E-state index in [9.17, 15) is 4.79 Å². The van der Waals surface area contributed by atoms with Crippen LogP contribution in [0.25, 0.3) is 0 Å². The number of aryl methyl sites for hydroxylation is 2. The Morgan fingerprint density at radius 2 is 2.07 bits per heavy atom. The van der Waals surface area contributed by atoms with Gasteiger partial charge in [-0.25, -0.2) is 0 Å². The molecule has 2 N–H and O–H groups in total. The van der Waals surface area contributed by atoms with Gasteiger partial charge < -0.3 is 5.73 Å². The molecule has 2 nitrogen and oxygen atoms in total. The van der Waals surface area contributed by atoms with Gasteiger partial charge in [0.25, 0.3) is 0 Å². The van der Waals surface area contributed by atoms with Gasteiger partial charge in [-0.05, 0) is 30.5 Å². The third-order valence-electron chi connectivity index (χ3n) is 2.37. The van der Waals surface area contributed by atoms with Crippen molar-refractivity contribution >= 4 is 23.9 Å². The van der Waals surface area contributed by atoms with E-state index in [0.29, 0.717) is 18.6 Å². The number of rotatable bonds is 4. The van der Waals surface area contributed by atoms with Crippen molar-refractivity contribution in [2.24, 2.45) is 0 Å². The van der Waals surface area contributed by atoms with Crippen molar-refractivity contribution in [3.63, 3.8) is 0 Å². The molecular weight excluding hydrogens is 210 g/mol. The van der Waals surface area contributed by atoms with Gasteiger partial charge >= 0.3 is 0 Å². The van der Waals surface area contributed by atoms with Crippen molar-refractivity contribution in [2.75, 3.05) is 5.73 Å². The number of halogens is 1. The standard InChI is InChI=1S/C12H17NO.ClH/c1-3-11(14)7-6-10-5-4-9(2)8-12(10)13;/h4-5,8H,3,6-7,13H2,1-2H3;1H. The van der Waals surface area contributed by atoms with Gasteiger partial charge in [0, 0.05) is 18.5 Å². The molecule has 0 aliphatic carbocycles. The molecule has 0 spiro atoms. The summed E-state index contributed by atoms with van der Waals surface area (Å²) < 4.78 is 0. The minimum absolute atomic E-state index is 0. The lowest BCUT2D eigenvalue weighted by Crippen LogP contribution is -2.00. The fourth-order valence-corrected chi connectivity index (χ4v) is 1.39. The summed E-state index contributed by atoms with van der Waals surface area (Å²) in [7, 11) is 0. The normalized spacial score (nSPS) is 9.47. The van der Waals surface area contributed by atoms with E-state index in [1.807, 2.05) is 32.0 Å². The summed E-state index contributed by atoms with van der Waals surface area (Å²) >= 11 is 0. The average Bonchev–Trinajstić information content (AvgIpc) is 2.16. The van der Waals surface area contributed by atoms with Crippen LogP contribution < -0.4 is 5.73 Å². The molecule has 0 bridgehead atoms. The maximum atomic E-state index is 11.1. The SMILES string of the molecule is CCC(=O)CCc1ccc(C)cc1N.Cl. The molecule has 0 aliphatic rings. The van der Waals surface area contributed by atoms with Crippen LogP contribution in [0.1, 0.15) is 30.9 Å². The van der Waals surface area contributed by atoms with Crippen molar-refractivity contribution in [1.82, 2.24) is 0 Å². The molecular formula is C12H18ClNO. The summed E-state index contributed by atoms with van der Waals surface area (Å²) in [5.74, 6) is 0.296. The second kappa shape index (κ2) is 6.46. The number of nitrogen functional groups attached to an aromatic ring is 1. The average molecular weight is 228 g/mol. The molecule has 0 unspecified atom stereocenters. The van der Waals surface area contributed by atoms with Crippen molar-refractivity contribution < 1.29 is 4.79 Å². The van der Waals surface area contributed by atoms with Gasteiger partial charge in [-0.2, -0.15) is 0 Å². The first-order chi connectivity index (χ1) is 6.63. The largest absolute Gasteiger partial charge is 0.398 e. The Labute approximate surface area is 97.3 Å². The van der Waals surface area contributed by atoms with Crippen LogP contribution in [0.5, 0.6) is 0 Å². The van der Waals surface area contributed by atoms with E-state index in [4.69, 9.17) is 5.73 Å². The molecule has 0 saturated carbocycles. The van der Waals surface area contributed by atoms with E-state index in [2.05, 4.69) is 0 Å². The highest BCUT2D eigenvalue weighted by Crippen LogP contribution is 2.15. The lowest BCUT2D eigenvalue weighted by Gasteiger charge is -2.05. The third-order valence-corrected chi connectivity index (χ3v) is 2.37. The van der Waals surface area contributed by atoms with Crippen LogP contribution in [0.2, 0.25) is 0 Å². The molecule has 3 heteroatoms. The smallest absolute Gasteiger partial charge is 0.132 e. The molecule has 84 valence electrons. The number of nitrogens with two attached hydrogens (primary N) is 1. The number of ketones is 1. The van der Waals surface area contributed by atoms with Gasteiger partial charge in [0.2, 0.25) is 0 Å². The maximum absolute atomic E-state index is 11.1. The van der Waals surface area contributed by atoms with E-state index in [1.54, 1.807) is 0 Å². The molecule has 1 rings (SSSR count). The number of hydrogen-bond acceptors (Lipinski definition) is 2. The van der Waals surface area contributed by atoms with Crippen molar-refractivity contribution in [3.05, 3.63) is 29.3 Å². The first-order valence-electron chi connectivity index (χ1n) is 5.00. The fourth-order valence-electron chi connectivity index (χ4n) is 1.39. The second-order valence-electron chi connectivity index (χ2n) is 3.59. The van der Waals surface area contributed by atoms with Gasteiger partial charge in [0.1, 0.15) is 5.78 Å². The Hall–Kier alpha value is -1.02. The Kier molecular flexibility index (Phi) is 6.02. The van der Waals surface area contributed by atoms with Gasteiger partial charge in [-0.1, -0.05) is 19.1 Å². The zero-order chi connectivity index (χ0) is 10.6. The Balaban J connectivity index is 0.00000196. The predicted molar refractivity (Wildman–Crippen MR) is 66.5 cm³/mol. The molecule has 0 fully saturated rings. The lowest BCUT2D eigenvalue weighted by molar-refractivity contribution is -0.118. The summed E-state index contributed by atoms with van der Waals surface area (Å²) in [5.41, 5.74) is 8.88. The number of hydrogen-bond donors (Lipinski definition) is 1. The van der Waals surface area contributed by atoms with Gasteiger partial charge in [0.15, 0.2) is 0 Å². The van der Waals surface area contributed by atoms with Crippen molar-refractivity contribution in [2.45, 2.75) is 33.1 Å². The third kappa shape index (κ3) is 4.34. The summed E-state index contributed by atoms with van der Waals surface area (Å²) in [6, 6.07) is 5.99. The maximum Gasteiger partial charge on any atom is 0.132 e. The number of benzene rings is 1. The quantitative estimate of drug-likeness (QED) is 0.804. The van der Waals surface area contributed by atoms with Crippen molar-refractivity contribution in [1.29, 1.82) is 0 Å². The molecule has 1 aromatic rings. The van der Waals surface area contributed by atoms with E-state index in [-0.39, 0.29) is 12.4 Å². The Morgan fingerprint density at radius 3 is 2.60 bits per heavy atom. The summed E-state index contributed by atoms with van der Waals surface area (Å²) in [5, 5.41) is 0. The molecule has 0 heterocycles. The summed E-state index contributed by atoms with van der Waals surface area (Å²) in [4.78, 5) is 11.1. The number of Topliss-reactive ketones (excluding diaryl/α,β-unsaturated/α-hetero) is 1. The molecule has 1 aromatic carbocycles. The summed E-state index contributed by atoms with van der Waals surface area (Å²) in [6.07, 6.45) is 1.98. The molecule has 0 amide bonds. The number of carbonyl (C=O) groups excluding carboxylic acids is 1. The zero-order valence-electron chi connectivity index (χ0n) is 9.25. The number of carbonyl (C=O) groups is 1. The highest BCUT2D eigenvalue weighted by molar-refractivity contribution is 5.85. The first kappa shape index (κ1) is 14.0. The molecule has 0 radical (unpaired) electrons. The van der Waals surface area contributed by atoms with E-state index in [1.165, 1.54) is 0 Å². The van der Waals surface area contributed by atoms with Gasteiger partial charge in [-0.15, -0.1) is 12.4 Å². The first-order valence-corrected chi connectivity index (χ1v) is 5.00. The highest BCUT2D eigenvalue weighted by Gasteiger charge is 2.02. The second-order valence-corrected chi connectivity index (χ2v) is 3.59. The summed E-state index contributed by atoms with van der Waals surface area (Å²) in [6.45, 7) is 3.90. The van der Waals surface area contributed by atoms with E-state index < -0.39 is 0 Å². The van der Waals surface area contributed by atoms with Crippen LogP contribution in [-0.2, 0) is 11.2 Å². The molecule has 0 aliphatic heterocycles. The van der Waals surface area contributed by atoms with E-state index >= 15 is 0 Å². The Bertz CT molecular complexity index is 336. The van der Waals surface area contributed by atoms with Crippen molar-refractivity contribution in [3.8, 4) is 0 Å². The molecule has 15 heavy (non-hydrogen) atoms. The Morgan fingerprint density at radius 1 is 1.40 bits per heavy atom. The van der Waals surface area contributed by atoms with Crippen LogP contribution in [0.4, 0.5) is 5.69 Å². The zero-order valence-corrected chi connectivity index (χ0v) is 10.1. The van der Waals surface area contributed by atoms with Crippen LogP contribution in [0.15, 0.2) is 18.2 Å². The van der Waals surface area contributed by atoms with Gasteiger partial charge in [0.05, 0.1) is 0 Å². The topological polar surface area (TPSA) is 43.1 Å². The van der Waals surface area contributed by atoms with Gasteiger partial charge in [-0.3, -0.25) is 4.79 Å². The lowest BCUT2D eigenvalue weighted by atomic mass is 10.0. The van der Waals surface area contributed by atoms with Crippen LogP contribution in [-0.4, -0.2) is 5.78 Å². The molecule has 0 atom stereocenters. The molecule has 0 aromatic heterocycles. The number of anilines is 1. The van der Waals surface area contributed by atoms with Crippen LogP contribution in [0.3, 0.4) is 0 Å². The minimum Gasteiger partial charge on any atom is -0.398 e. The fraction of sp³-hybridized carbons (Fsp3) is 0.417. The monoisotopic (exact) mass is 227 g/mol. The predicted octanol–water partition coefficient (Wildman–Crippen LogP) is 2.91. The highest BCUT2D eigenvalue weighted by atomic mass is 35.5.